The summed E-state index contributed by atoms with van der Waals surface area (Å²) >= 11 is 0. The molecule has 15 heteroatoms. The molecule has 3 atom stereocenters. The molecule has 2 aliphatic rings. The van der Waals surface area contributed by atoms with Crippen molar-refractivity contribution in [1.29, 1.82) is 0 Å². The van der Waals surface area contributed by atoms with Gasteiger partial charge in [0, 0.05) is 31.1 Å². The van der Waals surface area contributed by atoms with Crippen molar-refractivity contribution in [2.45, 2.75) is 71.2 Å². The Balaban J connectivity index is 1.46. The van der Waals surface area contributed by atoms with Crippen molar-refractivity contribution in [2.24, 2.45) is 5.92 Å². The highest BCUT2D eigenvalue weighted by atomic mass is 16.5. The van der Waals surface area contributed by atoms with E-state index in [0.717, 1.165) is 5.56 Å². The van der Waals surface area contributed by atoms with Crippen molar-refractivity contribution in [3.8, 4) is 11.4 Å². The molecule has 4 heterocycles. The summed E-state index contributed by atoms with van der Waals surface area (Å²) in [5, 5.41) is 19.6. The van der Waals surface area contributed by atoms with Crippen LogP contribution in [0.15, 0.2) is 40.9 Å². The van der Waals surface area contributed by atoms with Gasteiger partial charge in [-0.25, -0.2) is 9.67 Å². The lowest BCUT2D eigenvalue weighted by Gasteiger charge is -2.25. The Kier molecular flexibility index (Phi) is 9.54. The number of carbonyl (C=O) groups excluding carboxylic acids is 5. The number of carbonyl (C=O) groups is 5. The molecule has 3 aromatic rings. The van der Waals surface area contributed by atoms with E-state index >= 15 is 0 Å². The fraction of sp³-hybridized carbons (Fsp3) is 0.467. The van der Waals surface area contributed by atoms with Crippen molar-refractivity contribution < 1.29 is 28.5 Å². The van der Waals surface area contributed by atoms with Crippen molar-refractivity contribution in [3.05, 3.63) is 53.7 Å². The van der Waals surface area contributed by atoms with E-state index in [9.17, 15) is 24.0 Å². The summed E-state index contributed by atoms with van der Waals surface area (Å²) in [6.07, 6.45) is 0.929. The molecule has 0 spiro atoms. The maximum absolute atomic E-state index is 13.5. The monoisotopic (exact) mass is 619 g/mol. The fourth-order valence-corrected chi connectivity index (χ4v) is 5.31. The molecule has 45 heavy (non-hydrogen) atoms. The molecule has 0 radical (unpaired) electrons. The summed E-state index contributed by atoms with van der Waals surface area (Å²) in [5.41, 5.74) is 0.683. The summed E-state index contributed by atoms with van der Waals surface area (Å²) in [6.45, 7) is 5.53. The van der Waals surface area contributed by atoms with E-state index in [1.54, 1.807) is 6.92 Å². The molecular weight excluding hydrogens is 582 g/mol. The minimum atomic E-state index is -0.906. The third kappa shape index (κ3) is 7.72. The largest absolute Gasteiger partial charge is 0.359 e. The third-order valence-corrected chi connectivity index (χ3v) is 7.55. The molecule has 5 rings (SSSR count). The van der Waals surface area contributed by atoms with E-state index in [2.05, 4.69) is 36.5 Å². The first-order valence-corrected chi connectivity index (χ1v) is 15.0. The number of fused-ring (bicyclic) bond motifs is 3. The zero-order chi connectivity index (χ0) is 32.1. The van der Waals surface area contributed by atoms with E-state index in [4.69, 9.17) is 4.52 Å². The van der Waals surface area contributed by atoms with E-state index in [1.165, 1.54) is 15.6 Å². The highest BCUT2D eigenvalue weighted by Gasteiger charge is 2.32. The number of nitrogens with one attached hydrogen (secondary N) is 4. The molecule has 2 aliphatic heterocycles. The van der Waals surface area contributed by atoms with Crippen molar-refractivity contribution in [3.63, 3.8) is 0 Å². The Morgan fingerprint density at radius 3 is 2.53 bits per heavy atom. The Morgan fingerprint density at radius 1 is 1.04 bits per heavy atom. The molecule has 0 unspecified atom stereocenters. The van der Waals surface area contributed by atoms with Crippen LogP contribution in [0, 0.1) is 5.92 Å². The molecule has 15 nitrogen and oxygen atoms in total. The van der Waals surface area contributed by atoms with Gasteiger partial charge in [0.25, 0.3) is 5.91 Å². The predicted molar refractivity (Wildman–Crippen MR) is 159 cm³/mol. The highest BCUT2D eigenvalue weighted by Crippen LogP contribution is 2.20. The first-order chi connectivity index (χ1) is 21.6. The lowest BCUT2D eigenvalue weighted by molar-refractivity contribution is -0.135. The third-order valence-electron chi connectivity index (χ3n) is 7.55. The molecular formula is C30H37N9O6. The normalized spacial score (nSPS) is 21.7. The van der Waals surface area contributed by atoms with Crippen LogP contribution in [0.4, 0.5) is 0 Å². The van der Waals surface area contributed by atoms with Crippen molar-refractivity contribution in [1.82, 2.24) is 46.1 Å². The van der Waals surface area contributed by atoms with E-state index in [1.807, 2.05) is 44.2 Å². The second-order valence-electron chi connectivity index (χ2n) is 11.7. The smallest absolute Gasteiger partial charge is 0.274 e. The Hall–Kier alpha value is -5.08. The molecule has 2 bridgehead atoms. The summed E-state index contributed by atoms with van der Waals surface area (Å²) in [5.74, 6) is -0.965. The summed E-state index contributed by atoms with van der Waals surface area (Å²) in [6, 6.07) is 8.37. The number of aromatic nitrogens is 4. The zero-order valence-electron chi connectivity index (χ0n) is 25.4. The SMILES string of the molecule is CC(C)C[C@H]1NC(=O)c2cc(on2)CN(C(=O)[C@@H]2CCC(=O)N2)CCNC(=O)Cn2nc(-c3ccccc3)nc2[C@H](C)NC1=O. The minimum Gasteiger partial charge on any atom is -0.359 e. The van der Waals surface area contributed by atoms with Crippen molar-refractivity contribution >= 4 is 29.5 Å². The van der Waals surface area contributed by atoms with Crippen LogP contribution in [0.5, 0.6) is 0 Å². The second kappa shape index (κ2) is 13.7. The average molecular weight is 620 g/mol. The van der Waals surface area contributed by atoms with Gasteiger partial charge in [-0.05, 0) is 25.7 Å². The standard InChI is InChI=1S/C30H37N9O6/c1-17(2)13-22-28(42)32-18(3)27-35-26(19-7-5-4-6-8-19)36-39(27)16-25(41)31-11-12-38(30(44)21-9-10-24(40)33-21)15-20-14-23(37-45-20)29(43)34-22/h4-8,14,17-18,21-22H,9-13,15-16H2,1-3H3,(H,31,41)(H,32,42)(H,33,40)(H,34,43)/t18-,21-,22+/m0/s1. The van der Waals surface area contributed by atoms with Crippen molar-refractivity contribution in [2.75, 3.05) is 13.1 Å². The maximum atomic E-state index is 13.5. The zero-order valence-corrected chi connectivity index (χ0v) is 25.4. The van der Waals surface area contributed by atoms with Gasteiger partial charge < -0.3 is 30.7 Å². The summed E-state index contributed by atoms with van der Waals surface area (Å²) in [4.78, 5) is 71.0. The Bertz CT molecular complexity index is 1570. The first kappa shape index (κ1) is 31.3. The number of nitrogens with zero attached hydrogens (tertiary/aromatic N) is 5. The van der Waals surface area contributed by atoms with Crippen LogP contribution in [0.3, 0.4) is 0 Å². The Morgan fingerprint density at radius 2 is 1.82 bits per heavy atom. The summed E-state index contributed by atoms with van der Waals surface area (Å²) in [7, 11) is 0. The lowest BCUT2D eigenvalue weighted by Crippen LogP contribution is -2.48. The van der Waals surface area contributed by atoms with E-state index in [-0.39, 0.29) is 67.7 Å². The van der Waals surface area contributed by atoms with Crippen LogP contribution in [-0.2, 0) is 32.3 Å². The number of hydrogen-bond donors (Lipinski definition) is 4. The first-order valence-electron chi connectivity index (χ1n) is 15.0. The average Bonchev–Trinajstić information content (AvgIpc) is 3.76. The lowest BCUT2D eigenvalue weighted by atomic mass is 10.0. The maximum Gasteiger partial charge on any atom is 0.274 e. The number of rotatable bonds is 4. The number of hydrogen-bond acceptors (Lipinski definition) is 9. The molecule has 5 amide bonds. The van der Waals surface area contributed by atoms with E-state index in [0.29, 0.717) is 24.5 Å². The fourth-order valence-electron chi connectivity index (χ4n) is 5.31. The molecule has 4 N–H and O–H groups in total. The highest BCUT2D eigenvalue weighted by molar-refractivity contribution is 5.96. The van der Waals surface area contributed by atoms with Gasteiger partial charge in [0.05, 0.1) is 12.6 Å². The minimum absolute atomic E-state index is 0.0529. The van der Waals surface area contributed by atoms with Gasteiger partial charge in [0.15, 0.2) is 17.3 Å². The quantitative estimate of drug-likeness (QED) is 0.325. The van der Waals surface area contributed by atoms with Gasteiger partial charge in [-0.3, -0.25) is 24.0 Å². The van der Waals surface area contributed by atoms with Gasteiger partial charge in [-0.2, -0.15) is 5.10 Å². The van der Waals surface area contributed by atoms with Gasteiger partial charge in [0.1, 0.15) is 24.5 Å². The van der Waals surface area contributed by atoms with Gasteiger partial charge in [-0.1, -0.05) is 49.3 Å². The Labute approximate surface area is 259 Å². The predicted octanol–water partition coefficient (Wildman–Crippen LogP) is 0.692. The van der Waals surface area contributed by atoms with Crippen LogP contribution in [0.25, 0.3) is 11.4 Å². The van der Waals surface area contributed by atoms with E-state index < -0.39 is 29.9 Å². The topological polar surface area (TPSA) is 193 Å². The molecule has 2 aromatic heterocycles. The van der Waals surface area contributed by atoms with Gasteiger partial charge in [0.2, 0.25) is 23.6 Å². The van der Waals surface area contributed by atoms with Crippen LogP contribution < -0.4 is 21.3 Å². The van der Waals surface area contributed by atoms with Crippen LogP contribution in [-0.4, -0.2) is 79.5 Å². The molecule has 1 aromatic carbocycles. The second-order valence-corrected chi connectivity index (χ2v) is 11.7. The van der Waals surface area contributed by atoms with Gasteiger partial charge in [-0.15, -0.1) is 0 Å². The number of amides is 5. The molecule has 1 fully saturated rings. The summed E-state index contributed by atoms with van der Waals surface area (Å²) < 4.78 is 6.81. The van der Waals surface area contributed by atoms with Crippen LogP contribution in [0.1, 0.15) is 68.1 Å². The number of benzene rings is 1. The van der Waals surface area contributed by atoms with Crippen LogP contribution in [0.2, 0.25) is 0 Å². The molecule has 0 aliphatic carbocycles. The molecule has 238 valence electrons. The van der Waals surface area contributed by atoms with Gasteiger partial charge >= 0.3 is 0 Å². The molecule has 0 saturated carbocycles. The van der Waals surface area contributed by atoms with Crippen LogP contribution >= 0.6 is 0 Å². The molecule has 1 saturated heterocycles.